The number of hydrogen-bond acceptors (Lipinski definition) is 6. The lowest BCUT2D eigenvalue weighted by Crippen LogP contribution is -2.34. The van der Waals surface area contributed by atoms with Crippen molar-refractivity contribution in [1.82, 2.24) is 25.5 Å². The van der Waals surface area contributed by atoms with Gasteiger partial charge in [0.1, 0.15) is 5.75 Å². The van der Waals surface area contributed by atoms with E-state index in [0.29, 0.717) is 15.8 Å². The molecule has 0 spiro atoms. The number of amides is 1. The molecule has 2 rings (SSSR count). The molecule has 116 valence electrons. The lowest BCUT2D eigenvalue weighted by atomic mass is 10.2. The van der Waals surface area contributed by atoms with E-state index >= 15 is 0 Å². The van der Waals surface area contributed by atoms with Crippen LogP contribution in [0.5, 0.6) is 5.75 Å². The van der Waals surface area contributed by atoms with E-state index in [9.17, 15) is 4.79 Å². The third kappa shape index (κ3) is 3.99. The molecule has 8 nitrogen and oxygen atoms in total. The van der Waals surface area contributed by atoms with E-state index < -0.39 is 5.91 Å². The van der Waals surface area contributed by atoms with E-state index in [0.717, 1.165) is 4.47 Å². The predicted octanol–water partition coefficient (Wildman–Crippen LogP) is 1.87. The molecule has 2 aromatic rings. The SMILES string of the molecule is COc1c(Br)cc(Br)cc1C(=O)NC(=S)Nc1nnn(C)n1. The third-order valence-electron chi connectivity index (χ3n) is 2.42. The van der Waals surface area contributed by atoms with Crippen LogP contribution in [0.1, 0.15) is 10.4 Å². The minimum atomic E-state index is -0.430. The lowest BCUT2D eigenvalue weighted by Gasteiger charge is -2.12. The first-order valence-corrected chi connectivity index (χ1v) is 7.79. The number of nitrogens with zero attached hydrogens (tertiary/aromatic N) is 4. The van der Waals surface area contributed by atoms with Gasteiger partial charge in [-0.25, -0.2) is 0 Å². The highest BCUT2D eigenvalue weighted by molar-refractivity contribution is 9.11. The van der Waals surface area contributed by atoms with E-state index in [1.807, 2.05) is 0 Å². The molecule has 0 radical (unpaired) electrons. The maximum absolute atomic E-state index is 12.3. The second-order valence-electron chi connectivity index (χ2n) is 3.98. The first kappa shape index (κ1) is 16.8. The van der Waals surface area contributed by atoms with Gasteiger partial charge in [0, 0.05) is 4.47 Å². The van der Waals surface area contributed by atoms with Gasteiger partial charge in [-0.1, -0.05) is 21.0 Å². The fourth-order valence-electron chi connectivity index (χ4n) is 1.57. The van der Waals surface area contributed by atoms with Crippen LogP contribution in [-0.4, -0.2) is 38.3 Å². The van der Waals surface area contributed by atoms with Crippen molar-refractivity contribution in [2.45, 2.75) is 0 Å². The van der Waals surface area contributed by atoms with Crippen LogP contribution in [0.15, 0.2) is 21.1 Å². The van der Waals surface area contributed by atoms with Gasteiger partial charge in [0.05, 0.1) is 24.2 Å². The summed E-state index contributed by atoms with van der Waals surface area (Å²) < 4.78 is 6.59. The molecule has 0 fully saturated rings. The number of nitrogens with one attached hydrogen (secondary N) is 2. The average Bonchev–Trinajstić information content (AvgIpc) is 2.82. The monoisotopic (exact) mass is 448 g/mol. The van der Waals surface area contributed by atoms with Crippen LogP contribution < -0.4 is 15.4 Å². The van der Waals surface area contributed by atoms with Crippen LogP contribution >= 0.6 is 44.1 Å². The van der Waals surface area contributed by atoms with Gasteiger partial charge in [-0.15, -0.1) is 5.10 Å². The van der Waals surface area contributed by atoms with Gasteiger partial charge in [-0.2, -0.15) is 4.80 Å². The van der Waals surface area contributed by atoms with Gasteiger partial charge in [0.25, 0.3) is 11.9 Å². The standard InChI is InChI=1S/C11H10Br2N6O2S/c1-19-17-10(16-18-19)15-11(22)14-9(20)6-3-5(12)4-7(13)8(6)21-2/h3-4H,1-2H3,(H2,14,15,17,20,22). The number of thiocarbonyl (C=S) groups is 1. The van der Waals surface area contributed by atoms with Crippen LogP contribution in [0.3, 0.4) is 0 Å². The summed E-state index contributed by atoms with van der Waals surface area (Å²) in [6.45, 7) is 0. The molecule has 0 aliphatic rings. The van der Waals surface area contributed by atoms with Crippen molar-refractivity contribution in [3.8, 4) is 5.75 Å². The number of hydrogen-bond donors (Lipinski definition) is 2. The molecular formula is C11H10Br2N6O2S. The van der Waals surface area contributed by atoms with Crippen LogP contribution in [0.25, 0.3) is 0 Å². The largest absolute Gasteiger partial charge is 0.495 e. The molecule has 1 heterocycles. The number of rotatable bonds is 3. The topological polar surface area (TPSA) is 94.0 Å². The molecule has 11 heteroatoms. The first-order chi connectivity index (χ1) is 10.4. The zero-order valence-electron chi connectivity index (χ0n) is 11.4. The van der Waals surface area contributed by atoms with Gasteiger partial charge in [0.15, 0.2) is 5.11 Å². The zero-order chi connectivity index (χ0) is 16.3. The number of methoxy groups -OCH3 is 1. The van der Waals surface area contributed by atoms with Crippen molar-refractivity contribution in [1.29, 1.82) is 0 Å². The Bertz CT molecular complexity index is 735. The second kappa shape index (κ2) is 7.11. The van der Waals surface area contributed by atoms with E-state index in [-0.39, 0.29) is 11.1 Å². The van der Waals surface area contributed by atoms with Crippen LogP contribution in [0.4, 0.5) is 5.95 Å². The van der Waals surface area contributed by atoms with Crippen LogP contribution in [0.2, 0.25) is 0 Å². The summed E-state index contributed by atoms with van der Waals surface area (Å²) in [5.41, 5.74) is 0.319. The summed E-state index contributed by atoms with van der Waals surface area (Å²) >= 11 is 11.7. The van der Waals surface area contributed by atoms with Gasteiger partial charge < -0.3 is 4.74 Å². The predicted molar refractivity (Wildman–Crippen MR) is 90.9 cm³/mol. The molecule has 1 aromatic heterocycles. The number of ether oxygens (including phenoxy) is 1. The summed E-state index contributed by atoms with van der Waals surface area (Å²) in [5, 5.41) is 16.5. The Morgan fingerprint density at radius 1 is 1.41 bits per heavy atom. The van der Waals surface area contributed by atoms with Crippen molar-refractivity contribution in [3.05, 3.63) is 26.6 Å². The molecule has 1 aromatic carbocycles. The number of halogens is 2. The van der Waals surface area contributed by atoms with E-state index in [1.54, 1.807) is 19.2 Å². The number of carbonyl (C=O) groups excluding carboxylic acids is 1. The summed E-state index contributed by atoms with van der Waals surface area (Å²) in [4.78, 5) is 13.6. The second-order valence-corrected chi connectivity index (χ2v) is 6.16. The molecule has 0 atom stereocenters. The molecule has 0 aliphatic carbocycles. The highest BCUT2D eigenvalue weighted by atomic mass is 79.9. The lowest BCUT2D eigenvalue weighted by molar-refractivity contribution is 0.0974. The normalized spacial score (nSPS) is 10.2. The maximum atomic E-state index is 12.3. The Labute approximate surface area is 147 Å². The molecule has 0 saturated heterocycles. The zero-order valence-corrected chi connectivity index (χ0v) is 15.4. The fraction of sp³-hybridized carbons (Fsp3) is 0.182. The smallest absolute Gasteiger partial charge is 0.269 e. The Kier molecular flexibility index (Phi) is 5.42. The number of aryl methyl sites for hydroxylation is 1. The van der Waals surface area contributed by atoms with Crippen molar-refractivity contribution >= 4 is 61.0 Å². The Hall–Kier alpha value is -1.59. The molecule has 0 bridgehead atoms. The first-order valence-electron chi connectivity index (χ1n) is 5.80. The molecule has 2 N–H and O–H groups in total. The minimum absolute atomic E-state index is 0.0520. The van der Waals surface area contributed by atoms with Gasteiger partial charge in [-0.05, 0) is 45.5 Å². The van der Waals surface area contributed by atoms with Gasteiger partial charge in [-0.3, -0.25) is 15.4 Å². The minimum Gasteiger partial charge on any atom is -0.495 e. The molecule has 22 heavy (non-hydrogen) atoms. The Morgan fingerprint density at radius 2 is 2.14 bits per heavy atom. The van der Waals surface area contributed by atoms with E-state index in [4.69, 9.17) is 17.0 Å². The van der Waals surface area contributed by atoms with Crippen molar-refractivity contribution in [2.75, 3.05) is 12.4 Å². The van der Waals surface area contributed by atoms with Crippen molar-refractivity contribution in [2.24, 2.45) is 7.05 Å². The highest BCUT2D eigenvalue weighted by Gasteiger charge is 2.17. The third-order valence-corrected chi connectivity index (χ3v) is 3.67. The average molecular weight is 450 g/mol. The fourth-order valence-corrected chi connectivity index (χ4v) is 3.14. The van der Waals surface area contributed by atoms with Crippen molar-refractivity contribution in [3.63, 3.8) is 0 Å². The number of carbonyl (C=O) groups is 1. The molecule has 0 saturated carbocycles. The highest BCUT2D eigenvalue weighted by Crippen LogP contribution is 2.32. The number of anilines is 1. The molecule has 0 aliphatic heterocycles. The Balaban J connectivity index is 2.13. The molecule has 1 amide bonds. The number of aromatic nitrogens is 4. The van der Waals surface area contributed by atoms with Crippen LogP contribution in [0, 0.1) is 0 Å². The maximum Gasteiger partial charge on any atom is 0.269 e. The van der Waals surface area contributed by atoms with Gasteiger partial charge >= 0.3 is 0 Å². The summed E-state index contributed by atoms with van der Waals surface area (Å²) in [6.07, 6.45) is 0. The molecule has 0 unspecified atom stereocenters. The number of benzene rings is 1. The molecular weight excluding hydrogens is 440 g/mol. The Morgan fingerprint density at radius 3 is 2.73 bits per heavy atom. The summed E-state index contributed by atoms with van der Waals surface area (Å²) in [7, 11) is 3.09. The van der Waals surface area contributed by atoms with Crippen LogP contribution in [-0.2, 0) is 7.05 Å². The number of tetrazole rings is 1. The van der Waals surface area contributed by atoms with Crippen molar-refractivity contribution < 1.29 is 9.53 Å². The summed E-state index contributed by atoms with van der Waals surface area (Å²) in [6, 6.07) is 3.40. The van der Waals surface area contributed by atoms with Gasteiger partial charge in [0.2, 0.25) is 0 Å². The quantitative estimate of drug-likeness (QED) is 0.690. The van der Waals surface area contributed by atoms with E-state index in [1.165, 1.54) is 11.9 Å². The van der Waals surface area contributed by atoms with E-state index in [2.05, 4.69) is 57.9 Å². The summed E-state index contributed by atoms with van der Waals surface area (Å²) in [5.74, 6) is 0.163.